The van der Waals surface area contributed by atoms with Gasteiger partial charge in [0.15, 0.2) is 0 Å². The third kappa shape index (κ3) is 105. The van der Waals surface area contributed by atoms with E-state index < -0.39 is 0 Å². The SMILES string of the molecule is C.CC(=O)C(C)(C)C.CC(C)=O.CCC(C)=O.CNC(C)=O.CONC(C)=O. The van der Waals surface area contributed by atoms with Gasteiger partial charge in [-0.15, -0.1) is 0 Å². The summed E-state index contributed by atoms with van der Waals surface area (Å²) in [5, 5.41) is 2.39. The molecule has 0 saturated carbocycles. The van der Waals surface area contributed by atoms with Crippen LogP contribution in [-0.4, -0.2) is 43.3 Å². The Morgan fingerprint density at radius 1 is 0.821 bits per heavy atom. The molecule has 0 aromatic carbocycles. The number of carbonyl (C=O) groups excluding carboxylic acids is 5. The molecule has 0 aliphatic carbocycles. The van der Waals surface area contributed by atoms with Gasteiger partial charge in [-0.25, -0.2) is 5.48 Å². The van der Waals surface area contributed by atoms with E-state index in [-0.39, 0.29) is 42.0 Å². The van der Waals surface area contributed by atoms with E-state index in [1.807, 2.05) is 27.7 Å². The third-order valence-corrected chi connectivity index (χ3v) is 2.15. The number of ketones is 3. The Hall–Kier alpha value is -2.09. The van der Waals surface area contributed by atoms with Crippen molar-refractivity contribution >= 4 is 29.2 Å². The minimum Gasteiger partial charge on any atom is -0.359 e. The summed E-state index contributed by atoms with van der Waals surface area (Å²) in [5.74, 6) is 0.486. The smallest absolute Gasteiger partial charge is 0.240 e. The summed E-state index contributed by atoms with van der Waals surface area (Å²) in [5.41, 5.74) is 1.93. The van der Waals surface area contributed by atoms with E-state index in [0.29, 0.717) is 6.42 Å². The number of hydrogen-bond donors (Lipinski definition) is 2. The van der Waals surface area contributed by atoms with Crippen LogP contribution in [0.1, 0.15) is 83.1 Å². The molecule has 0 rings (SSSR count). The van der Waals surface area contributed by atoms with Gasteiger partial charge in [0.05, 0.1) is 7.11 Å². The molecule has 170 valence electrons. The van der Waals surface area contributed by atoms with Gasteiger partial charge in [0, 0.05) is 32.7 Å². The van der Waals surface area contributed by atoms with E-state index in [2.05, 4.69) is 15.6 Å². The predicted molar refractivity (Wildman–Crippen MR) is 115 cm³/mol. The fraction of sp³-hybridized carbons (Fsp3) is 0.750. The predicted octanol–water partition coefficient (Wildman–Crippen LogP) is 3.27. The summed E-state index contributed by atoms with van der Waals surface area (Å²) in [6, 6.07) is 0. The van der Waals surface area contributed by atoms with E-state index >= 15 is 0 Å². The molecule has 0 spiro atoms. The first kappa shape index (κ1) is 40.6. The molecule has 8 heteroatoms. The van der Waals surface area contributed by atoms with Gasteiger partial charge in [0.25, 0.3) is 0 Å². The highest BCUT2D eigenvalue weighted by Gasteiger charge is 2.14. The highest BCUT2D eigenvalue weighted by atomic mass is 16.6. The van der Waals surface area contributed by atoms with E-state index in [1.165, 1.54) is 34.8 Å². The monoisotopic (exact) mass is 408 g/mol. The molecule has 0 aromatic heterocycles. The van der Waals surface area contributed by atoms with Gasteiger partial charge in [-0.3, -0.25) is 19.2 Å². The van der Waals surface area contributed by atoms with Crippen LogP contribution in [0.2, 0.25) is 0 Å². The zero-order valence-electron chi connectivity index (χ0n) is 19.2. The maximum atomic E-state index is 10.5. The Kier molecular flexibility index (Phi) is 39.3. The van der Waals surface area contributed by atoms with Crippen LogP contribution in [0.5, 0.6) is 0 Å². The Morgan fingerprint density at radius 3 is 1.04 bits per heavy atom. The van der Waals surface area contributed by atoms with Gasteiger partial charge < -0.3 is 14.9 Å². The summed E-state index contributed by atoms with van der Waals surface area (Å²) in [7, 11) is 2.99. The van der Waals surface area contributed by atoms with Crippen LogP contribution in [-0.2, 0) is 28.8 Å². The molecular formula is C20H44N2O6. The summed E-state index contributed by atoms with van der Waals surface area (Å²) in [6.45, 7) is 16.7. The minimum absolute atomic E-state index is 0. The molecule has 0 bridgehead atoms. The van der Waals surface area contributed by atoms with Crippen LogP contribution in [0.15, 0.2) is 0 Å². The van der Waals surface area contributed by atoms with Crippen LogP contribution in [0.4, 0.5) is 0 Å². The van der Waals surface area contributed by atoms with Gasteiger partial charge in [0.2, 0.25) is 11.8 Å². The van der Waals surface area contributed by atoms with Gasteiger partial charge in [-0.1, -0.05) is 35.1 Å². The lowest BCUT2D eigenvalue weighted by Gasteiger charge is -2.11. The zero-order chi connectivity index (χ0) is 23.2. The summed E-state index contributed by atoms with van der Waals surface area (Å²) in [6.07, 6.45) is 0.667. The molecule has 0 saturated heterocycles. The van der Waals surface area contributed by atoms with Gasteiger partial charge >= 0.3 is 0 Å². The van der Waals surface area contributed by atoms with Crippen molar-refractivity contribution in [3.63, 3.8) is 0 Å². The Balaban J connectivity index is -0.0000000542. The minimum atomic E-state index is -0.183. The first-order chi connectivity index (χ1) is 12.0. The first-order valence-corrected chi connectivity index (χ1v) is 8.44. The molecule has 0 fully saturated rings. The molecule has 8 nitrogen and oxygen atoms in total. The second kappa shape index (κ2) is 27.1. The van der Waals surface area contributed by atoms with Crippen LogP contribution >= 0.6 is 0 Å². The van der Waals surface area contributed by atoms with Crippen molar-refractivity contribution in [3.05, 3.63) is 0 Å². The largest absolute Gasteiger partial charge is 0.359 e. The first-order valence-electron chi connectivity index (χ1n) is 8.44. The van der Waals surface area contributed by atoms with Gasteiger partial charge in [0.1, 0.15) is 17.3 Å². The fourth-order valence-electron chi connectivity index (χ4n) is 0.144. The van der Waals surface area contributed by atoms with Crippen molar-refractivity contribution in [3.8, 4) is 0 Å². The normalized spacial score (nSPS) is 8.00. The number of amides is 2. The molecular weight excluding hydrogens is 364 g/mol. The van der Waals surface area contributed by atoms with Crippen LogP contribution in [0.3, 0.4) is 0 Å². The molecule has 0 heterocycles. The summed E-state index contributed by atoms with van der Waals surface area (Å²) in [4.78, 5) is 53.4. The van der Waals surface area contributed by atoms with E-state index in [4.69, 9.17) is 0 Å². The molecule has 0 atom stereocenters. The van der Waals surface area contributed by atoms with Crippen molar-refractivity contribution in [2.75, 3.05) is 14.2 Å². The number of nitrogens with one attached hydrogen (secondary N) is 2. The lowest BCUT2D eigenvalue weighted by atomic mass is 9.92. The van der Waals surface area contributed by atoms with Gasteiger partial charge in [-0.2, -0.15) is 0 Å². The lowest BCUT2D eigenvalue weighted by molar-refractivity contribution is -0.129. The third-order valence-electron chi connectivity index (χ3n) is 2.15. The average molecular weight is 409 g/mol. The molecule has 2 N–H and O–H groups in total. The summed E-state index contributed by atoms with van der Waals surface area (Å²) < 4.78 is 0. The molecule has 2 amide bonds. The lowest BCUT2D eigenvalue weighted by Crippen LogP contribution is -2.17. The zero-order valence-corrected chi connectivity index (χ0v) is 19.2. The van der Waals surface area contributed by atoms with E-state index in [0.717, 1.165) is 0 Å². The van der Waals surface area contributed by atoms with Crippen molar-refractivity contribution in [2.24, 2.45) is 5.41 Å². The number of hydrogen-bond acceptors (Lipinski definition) is 6. The molecule has 0 unspecified atom stereocenters. The Morgan fingerprint density at radius 2 is 1.04 bits per heavy atom. The quantitative estimate of drug-likeness (QED) is 0.677. The van der Waals surface area contributed by atoms with Crippen molar-refractivity contribution < 1.29 is 28.8 Å². The number of carbonyl (C=O) groups is 5. The topological polar surface area (TPSA) is 119 Å². The maximum absolute atomic E-state index is 10.5. The molecule has 28 heavy (non-hydrogen) atoms. The average Bonchev–Trinajstić information content (AvgIpc) is 2.47. The highest BCUT2D eigenvalue weighted by molar-refractivity contribution is 5.80. The summed E-state index contributed by atoms with van der Waals surface area (Å²) >= 11 is 0. The fourth-order valence-corrected chi connectivity index (χ4v) is 0.144. The number of rotatable bonds is 2. The Labute approximate surface area is 172 Å². The molecule has 0 aliphatic rings. The van der Waals surface area contributed by atoms with E-state index in [1.54, 1.807) is 20.9 Å². The molecule has 0 radical (unpaired) electrons. The molecule has 0 aromatic rings. The van der Waals surface area contributed by atoms with E-state index in [9.17, 15) is 24.0 Å². The highest BCUT2D eigenvalue weighted by Crippen LogP contribution is 2.12. The number of Topliss-reactive ketones (excluding diaryl/α,β-unsaturated/α-hetero) is 3. The Bertz CT molecular complexity index is 409. The van der Waals surface area contributed by atoms with Crippen molar-refractivity contribution in [2.45, 2.75) is 83.1 Å². The van der Waals surface area contributed by atoms with Crippen LogP contribution < -0.4 is 10.8 Å². The standard InChI is InChI=1S/C6H12O.C4H8O.C3H7NO2.C3H7NO.C3H6O.CH4/c1-5(7)6(2,3)4;1-3-4(2)5;1-3(5)4-6-2;1-3(5)4-2;1-3(2)4;/h1-4H3;3H2,1-2H3;1-2H3,(H,4,5);1-2H3,(H,4,5);1-2H3;1H4. The number of hydroxylamine groups is 1. The maximum Gasteiger partial charge on any atom is 0.240 e. The van der Waals surface area contributed by atoms with Crippen LogP contribution in [0, 0.1) is 5.41 Å². The van der Waals surface area contributed by atoms with Crippen molar-refractivity contribution in [1.82, 2.24) is 10.8 Å². The second-order valence-electron chi connectivity index (χ2n) is 6.44. The van der Waals surface area contributed by atoms with Crippen molar-refractivity contribution in [1.29, 1.82) is 0 Å². The van der Waals surface area contributed by atoms with Gasteiger partial charge in [-0.05, 0) is 27.7 Å². The van der Waals surface area contributed by atoms with Crippen LogP contribution in [0.25, 0.3) is 0 Å². The second-order valence-corrected chi connectivity index (χ2v) is 6.44. The molecule has 0 aliphatic heterocycles.